The number of hydrogen-bond acceptors (Lipinski definition) is 4. The van der Waals surface area contributed by atoms with Crippen molar-refractivity contribution in [2.75, 3.05) is 0 Å². The number of fused-ring (bicyclic) bond motifs is 28. The number of nitrogens with one attached hydrogen (secondary N) is 4. The molecule has 0 saturated carbocycles. The summed E-state index contributed by atoms with van der Waals surface area (Å²) >= 11 is 0. The Morgan fingerprint density at radius 3 is 0.797 bits per heavy atom. The summed E-state index contributed by atoms with van der Waals surface area (Å²) < 4.78 is 0. The van der Waals surface area contributed by atoms with Crippen LogP contribution in [0.3, 0.4) is 0 Å². The lowest BCUT2D eigenvalue weighted by molar-refractivity contribution is 1.31. The van der Waals surface area contributed by atoms with Crippen LogP contribution >= 0.6 is 0 Å². The lowest BCUT2D eigenvalue weighted by Crippen LogP contribution is -1.75. The van der Waals surface area contributed by atoms with E-state index in [0.29, 0.717) is 0 Å². The van der Waals surface area contributed by atoms with Gasteiger partial charge in [0.25, 0.3) is 0 Å². The normalized spacial score (nSPS) is 12.2. The topological polar surface area (TPSA) is 115 Å². The molecule has 8 nitrogen and oxygen atoms in total. The molecule has 0 amide bonds. The Morgan fingerprint density at radius 2 is 0.516 bits per heavy atom. The highest BCUT2D eigenvalue weighted by Gasteiger charge is 2.19. The molecule has 0 radical (unpaired) electrons. The van der Waals surface area contributed by atoms with E-state index in [9.17, 15) is 0 Å². The van der Waals surface area contributed by atoms with E-state index >= 15 is 0 Å². The number of aromatic nitrogens is 8. The van der Waals surface area contributed by atoms with Crippen molar-refractivity contribution in [3.8, 4) is 45.0 Å². The molecule has 0 unspecified atom stereocenters. The number of nitrogens with zero attached hydrogens (tertiary/aromatic N) is 4. The molecule has 14 rings (SSSR count). The average Bonchev–Trinajstić information content (AvgIpc) is 4.21. The lowest BCUT2D eigenvalue weighted by Gasteiger charge is -1.97. The molecule has 16 bridgehead atoms. The van der Waals surface area contributed by atoms with Crippen molar-refractivity contribution in [1.82, 2.24) is 39.9 Å². The Hall–Kier alpha value is -8.88. The van der Waals surface area contributed by atoms with Crippen molar-refractivity contribution >= 4 is 90.0 Å². The number of benzene rings is 4. The maximum absolute atomic E-state index is 5.17. The lowest BCUT2D eigenvalue weighted by atomic mass is 10.0. The van der Waals surface area contributed by atoms with E-state index in [1.165, 1.54) is 0 Å². The summed E-state index contributed by atoms with van der Waals surface area (Å²) in [5.41, 5.74) is 20.4. The number of rotatable bonds is 0. The summed E-state index contributed by atoms with van der Waals surface area (Å²) in [7, 11) is 0. The van der Waals surface area contributed by atoms with Gasteiger partial charge in [-0.15, -0.1) is 0 Å². The van der Waals surface area contributed by atoms with E-state index in [4.69, 9.17) is 9.97 Å². The second-order valence-electron chi connectivity index (χ2n) is 16.3. The van der Waals surface area contributed by atoms with Gasteiger partial charge in [-0.1, -0.05) is 97.1 Å². The first-order chi connectivity index (χ1) is 31.6. The summed E-state index contributed by atoms with van der Waals surface area (Å²) in [6.45, 7) is 0. The summed E-state index contributed by atoms with van der Waals surface area (Å²) in [4.78, 5) is 33.8. The second-order valence-corrected chi connectivity index (χ2v) is 16.3. The molecule has 4 aromatic carbocycles. The van der Waals surface area contributed by atoms with Crippen LogP contribution in [0.4, 0.5) is 0 Å². The van der Waals surface area contributed by atoms with E-state index in [1.807, 2.05) is 48.6 Å². The van der Waals surface area contributed by atoms with E-state index in [-0.39, 0.29) is 0 Å². The van der Waals surface area contributed by atoms with Crippen molar-refractivity contribution < 1.29 is 0 Å². The average molecular weight is 821 g/mol. The number of hydrogen-bond donors (Lipinski definition) is 4. The molecule has 4 aliphatic heterocycles. The summed E-state index contributed by atoms with van der Waals surface area (Å²) in [6, 6.07) is 59.1. The fourth-order valence-corrected chi connectivity index (χ4v) is 9.21. The zero-order chi connectivity index (χ0) is 42.1. The SMILES string of the molecule is C1=Cc2cc3ccc(cc4nc(cc5ccc(cc1n2)[nH]5)C=C4)[nH]3.c1ccc2c(c1)-c1cc3[nH]c(cc4nc(cc5[nH]c(cc-2n1)c1ccccc51)-c1ccccc1-4)c1ccccc31. The van der Waals surface area contributed by atoms with Gasteiger partial charge >= 0.3 is 0 Å². The second kappa shape index (κ2) is 14.4. The zero-order valence-electron chi connectivity index (χ0n) is 34.3. The molecular formula is C56H36N8. The quantitative estimate of drug-likeness (QED) is 0.122. The fraction of sp³-hybridized carbons (Fsp3) is 0. The van der Waals surface area contributed by atoms with Crippen LogP contribution in [0, 0.1) is 0 Å². The molecule has 0 aliphatic carbocycles. The van der Waals surface area contributed by atoms with Crippen LogP contribution in [-0.2, 0) is 0 Å². The molecule has 0 fully saturated rings. The molecule has 0 spiro atoms. The van der Waals surface area contributed by atoms with Gasteiger partial charge in [-0.25, -0.2) is 19.9 Å². The van der Waals surface area contributed by atoms with Crippen LogP contribution in [0.25, 0.3) is 135 Å². The van der Waals surface area contributed by atoms with Crippen molar-refractivity contribution in [2.24, 2.45) is 0 Å². The van der Waals surface area contributed by atoms with Gasteiger partial charge in [-0.2, -0.15) is 0 Å². The fourth-order valence-electron chi connectivity index (χ4n) is 9.21. The molecule has 4 N–H and O–H groups in total. The van der Waals surface area contributed by atoms with Crippen molar-refractivity contribution in [2.45, 2.75) is 0 Å². The van der Waals surface area contributed by atoms with Gasteiger partial charge in [0.15, 0.2) is 0 Å². The van der Waals surface area contributed by atoms with E-state index in [0.717, 1.165) is 133 Å². The molecule has 10 aromatic rings. The molecular weight excluding hydrogens is 785 g/mol. The summed E-state index contributed by atoms with van der Waals surface area (Å²) in [5, 5.41) is 4.66. The van der Waals surface area contributed by atoms with Gasteiger partial charge in [0, 0.05) is 87.9 Å². The van der Waals surface area contributed by atoms with Gasteiger partial charge in [0.2, 0.25) is 0 Å². The Labute approximate surface area is 366 Å². The van der Waals surface area contributed by atoms with Crippen LogP contribution in [0.2, 0.25) is 0 Å². The minimum atomic E-state index is 0.939. The Balaban J connectivity index is 0.000000147. The van der Waals surface area contributed by atoms with E-state index < -0.39 is 0 Å². The first kappa shape index (κ1) is 35.8. The Morgan fingerprint density at radius 1 is 0.250 bits per heavy atom. The third-order valence-corrected chi connectivity index (χ3v) is 12.2. The van der Waals surface area contributed by atoms with Crippen LogP contribution in [0.15, 0.2) is 170 Å². The van der Waals surface area contributed by atoms with Crippen LogP contribution < -0.4 is 0 Å². The predicted octanol–water partition coefficient (Wildman–Crippen LogP) is 13.9. The Kier molecular flexibility index (Phi) is 8.04. The van der Waals surface area contributed by atoms with Crippen molar-refractivity contribution in [1.29, 1.82) is 0 Å². The van der Waals surface area contributed by atoms with Crippen molar-refractivity contribution in [3.63, 3.8) is 0 Å². The zero-order valence-corrected chi connectivity index (χ0v) is 34.3. The molecule has 0 atom stereocenters. The Bertz CT molecular complexity index is 3490. The standard InChI is InChI=1S/C36H22N4.C20H14N4/c1-2-10-22-21(9-1)29-17-31-23-11-3-4-12-24(23)33(38-31)19-35-27-15-7-8-16-28(27)36(40-35)20-34-26-14-6-5-13-25(26)32(39-34)18-30(22)37-29;1-2-14-10-16-5-6-18(23-16)12-20-8-7-19(24-20)11-17-4-3-15(22-17)9-13(1)21-14/h1-20,37,40H;1-12,21,24H. The first-order valence-electron chi connectivity index (χ1n) is 21.4. The maximum Gasteiger partial charge on any atom is 0.0737 e. The minimum absolute atomic E-state index is 0.939. The molecule has 0 saturated heterocycles. The van der Waals surface area contributed by atoms with Gasteiger partial charge in [-0.3, -0.25) is 0 Å². The van der Waals surface area contributed by atoms with Gasteiger partial charge in [-0.05, 0) is 97.1 Å². The largest absolute Gasteiger partial charge is 0.355 e. The molecule has 8 heteroatoms. The molecule has 10 heterocycles. The van der Waals surface area contributed by atoms with Crippen molar-refractivity contribution in [3.05, 3.63) is 193 Å². The highest BCUT2D eigenvalue weighted by molar-refractivity contribution is 6.10. The molecule has 6 aromatic heterocycles. The highest BCUT2D eigenvalue weighted by Crippen LogP contribution is 2.40. The number of aromatic amines is 4. The molecule has 64 heavy (non-hydrogen) atoms. The molecule has 4 aliphatic rings. The first-order valence-corrected chi connectivity index (χ1v) is 21.4. The van der Waals surface area contributed by atoms with Crippen LogP contribution in [-0.4, -0.2) is 39.9 Å². The van der Waals surface area contributed by atoms with E-state index in [1.54, 1.807) is 0 Å². The third kappa shape index (κ3) is 6.32. The smallest absolute Gasteiger partial charge is 0.0737 e. The molecule has 300 valence electrons. The van der Waals surface area contributed by atoms with Crippen LogP contribution in [0.1, 0.15) is 22.8 Å². The van der Waals surface area contributed by atoms with Crippen LogP contribution in [0.5, 0.6) is 0 Å². The third-order valence-electron chi connectivity index (χ3n) is 12.2. The highest BCUT2D eigenvalue weighted by atomic mass is 14.8. The summed E-state index contributed by atoms with van der Waals surface area (Å²) in [6.07, 6.45) is 8.09. The van der Waals surface area contributed by atoms with Gasteiger partial charge in [0.1, 0.15) is 0 Å². The number of H-pyrrole nitrogens is 4. The monoisotopic (exact) mass is 820 g/mol. The van der Waals surface area contributed by atoms with Gasteiger partial charge < -0.3 is 19.9 Å². The summed E-state index contributed by atoms with van der Waals surface area (Å²) in [5.74, 6) is 0. The van der Waals surface area contributed by atoms with Gasteiger partial charge in [0.05, 0.1) is 45.6 Å². The maximum atomic E-state index is 5.17. The van der Waals surface area contributed by atoms with E-state index in [2.05, 4.69) is 175 Å². The minimum Gasteiger partial charge on any atom is -0.355 e. The predicted molar refractivity (Wildman–Crippen MR) is 264 cm³/mol.